The number of hydrogen-bond acceptors (Lipinski definition) is 5. The molecular weight excluding hydrogens is 458 g/mol. The number of pyridine rings is 1. The second-order valence-corrected chi connectivity index (χ2v) is 9.70. The number of fused-ring (bicyclic) bond motifs is 4. The second-order valence-electron chi connectivity index (χ2n) is 9.70. The van der Waals surface area contributed by atoms with Gasteiger partial charge in [-0.2, -0.15) is 0 Å². The van der Waals surface area contributed by atoms with E-state index in [4.69, 9.17) is 4.74 Å². The third-order valence-corrected chi connectivity index (χ3v) is 7.62. The highest BCUT2D eigenvalue weighted by Crippen LogP contribution is 2.49. The summed E-state index contributed by atoms with van der Waals surface area (Å²) >= 11 is 0. The molecule has 1 saturated heterocycles. The number of aliphatic hydroxyl groups is 1. The number of aliphatic hydroxyl groups excluding tert-OH is 1. The number of benzene rings is 1. The fraction of sp³-hybridized carbons (Fsp3) is 0.444. The smallest absolute Gasteiger partial charge is 0.318 e. The van der Waals surface area contributed by atoms with Gasteiger partial charge in [0.25, 0.3) is 5.91 Å². The summed E-state index contributed by atoms with van der Waals surface area (Å²) < 4.78 is 5.44. The number of ether oxygens (including phenoxy) is 1. The summed E-state index contributed by atoms with van der Waals surface area (Å²) in [6.07, 6.45) is 5.51. The number of nitrogens with one attached hydrogen (secondary N) is 2. The van der Waals surface area contributed by atoms with E-state index in [9.17, 15) is 14.7 Å². The Morgan fingerprint density at radius 2 is 2.08 bits per heavy atom. The monoisotopic (exact) mass is 491 g/mol. The molecule has 1 fully saturated rings. The average Bonchev–Trinajstić information content (AvgIpc) is 3.31. The molecule has 0 bridgehead atoms. The van der Waals surface area contributed by atoms with Crippen molar-refractivity contribution >= 4 is 22.8 Å². The summed E-state index contributed by atoms with van der Waals surface area (Å²) in [5, 5.41) is 14.5. The Labute approximate surface area is 210 Å². The molecule has 0 unspecified atom stereocenters. The van der Waals surface area contributed by atoms with Crippen molar-refractivity contribution in [1.82, 2.24) is 25.1 Å². The van der Waals surface area contributed by atoms with Crippen molar-refractivity contribution in [2.75, 3.05) is 39.9 Å². The number of amides is 3. The predicted octanol–water partition coefficient (Wildman–Crippen LogP) is 3.21. The Balaban J connectivity index is 1.54. The summed E-state index contributed by atoms with van der Waals surface area (Å²) in [5.41, 5.74) is 3.17. The summed E-state index contributed by atoms with van der Waals surface area (Å²) in [7, 11) is 1.64. The van der Waals surface area contributed by atoms with Crippen LogP contribution >= 0.6 is 0 Å². The third-order valence-electron chi connectivity index (χ3n) is 7.62. The Morgan fingerprint density at radius 1 is 1.28 bits per heavy atom. The van der Waals surface area contributed by atoms with Crippen LogP contribution < -0.4 is 10.1 Å². The summed E-state index contributed by atoms with van der Waals surface area (Å²) in [5.74, 6) is 0.716. The van der Waals surface area contributed by atoms with Crippen molar-refractivity contribution in [2.24, 2.45) is 0 Å². The van der Waals surface area contributed by atoms with E-state index in [0.29, 0.717) is 44.6 Å². The van der Waals surface area contributed by atoms with Gasteiger partial charge in [-0.25, -0.2) is 4.79 Å². The minimum absolute atomic E-state index is 0.0246. The van der Waals surface area contributed by atoms with Gasteiger partial charge in [0.2, 0.25) is 0 Å². The molecule has 0 saturated carbocycles. The fourth-order valence-electron chi connectivity index (χ4n) is 5.77. The van der Waals surface area contributed by atoms with Crippen LogP contribution in [-0.2, 0) is 5.41 Å². The van der Waals surface area contributed by atoms with Crippen LogP contribution in [0.1, 0.15) is 53.8 Å². The van der Waals surface area contributed by atoms with E-state index in [-0.39, 0.29) is 24.0 Å². The van der Waals surface area contributed by atoms with Gasteiger partial charge < -0.3 is 29.9 Å². The molecule has 3 N–H and O–H groups in total. The number of nitrogens with zero attached hydrogens (tertiary/aromatic N) is 3. The Morgan fingerprint density at radius 3 is 2.75 bits per heavy atom. The first-order chi connectivity index (χ1) is 17.5. The van der Waals surface area contributed by atoms with E-state index in [0.717, 1.165) is 34.3 Å². The van der Waals surface area contributed by atoms with Gasteiger partial charge in [0, 0.05) is 66.7 Å². The Bertz CT molecular complexity index is 1250. The van der Waals surface area contributed by atoms with Gasteiger partial charge >= 0.3 is 6.03 Å². The maximum Gasteiger partial charge on any atom is 0.318 e. The average molecular weight is 492 g/mol. The third kappa shape index (κ3) is 4.07. The zero-order valence-electron chi connectivity index (χ0n) is 20.8. The van der Waals surface area contributed by atoms with Gasteiger partial charge in [0.05, 0.1) is 25.3 Å². The number of H-pyrrole nitrogens is 1. The minimum atomic E-state index is -0.476. The lowest BCUT2D eigenvalue weighted by Gasteiger charge is -2.50. The molecule has 2 aromatic heterocycles. The van der Waals surface area contributed by atoms with E-state index in [1.807, 2.05) is 24.0 Å². The zero-order valence-corrected chi connectivity index (χ0v) is 20.8. The molecule has 3 aromatic rings. The van der Waals surface area contributed by atoms with Gasteiger partial charge in [-0.3, -0.25) is 9.78 Å². The molecule has 9 heteroatoms. The number of rotatable bonds is 5. The summed E-state index contributed by atoms with van der Waals surface area (Å²) in [4.78, 5) is 37.6. The predicted molar refractivity (Wildman–Crippen MR) is 136 cm³/mol. The van der Waals surface area contributed by atoms with Gasteiger partial charge in [-0.15, -0.1) is 0 Å². The van der Waals surface area contributed by atoms with E-state index >= 15 is 0 Å². The van der Waals surface area contributed by atoms with E-state index in [2.05, 4.69) is 21.4 Å². The normalized spacial score (nSPS) is 18.8. The molecule has 190 valence electrons. The van der Waals surface area contributed by atoms with Crippen LogP contribution in [0.5, 0.6) is 5.75 Å². The molecule has 1 atom stereocenters. The van der Waals surface area contributed by atoms with Crippen molar-refractivity contribution in [3.63, 3.8) is 0 Å². The first kappa shape index (κ1) is 24.1. The lowest BCUT2D eigenvalue weighted by Crippen LogP contribution is -2.57. The molecule has 0 radical (unpaired) electrons. The maximum absolute atomic E-state index is 13.2. The van der Waals surface area contributed by atoms with Crippen LogP contribution in [0.2, 0.25) is 0 Å². The zero-order chi connectivity index (χ0) is 25.3. The lowest BCUT2D eigenvalue weighted by molar-refractivity contribution is 0.0527. The van der Waals surface area contributed by atoms with Crippen LogP contribution in [0.25, 0.3) is 10.9 Å². The van der Waals surface area contributed by atoms with E-state index in [1.165, 1.54) is 0 Å². The number of likely N-dealkylation sites (tertiary alicyclic amines) is 1. The largest absolute Gasteiger partial charge is 0.497 e. The van der Waals surface area contributed by atoms with Crippen LogP contribution in [0.15, 0.2) is 42.7 Å². The fourth-order valence-corrected chi connectivity index (χ4v) is 5.77. The van der Waals surface area contributed by atoms with E-state index < -0.39 is 6.04 Å². The van der Waals surface area contributed by atoms with Gasteiger partial charge in [-0.05, 0) is 49.1 Å². The standard InChI is InChI=1S/C27H33N5O4/c1-3-10-29-26(35)32-17-27(8-12-31(13-9-27)25(34)18-5-4-11-28-15-18)23-20-7-6-19(36-2)14-21(20)30-24(23)22(32)16-33/h4-7,11,14-15,22,30,33H,3,8-10,12-13,16-17H2,1-2H3,(H,29,35)/t22-/m0/s1. The number of urea groups is 1. The Hall–Kier alpha value is -3.59. The number of carbonyl (C=O) groups excluding carboxylic acids is 2. The van der Waals surface area contributed by atoms with E-state index in [1.54, 1.807) is 36.5 Å². The highest BCUT2D eigenvalue weighted by atomic mass is 16.5. The molecule has 9 nitrogen and oxygen atoms in total. The second kappa shape index (κ2) is 9.81. The van der Waals surface area contributed by atoms with Gasteiger partial charge in [0.15, 0.2) is 0 Å². The molecular formula is C27H33N5O4. The first-order valence-electron chi connectivity index (χ1n) is 12.6. The molecule has 2 aliphatic heterocycles. The van der Waals surface area contributed by atoms with Gasteiger partial charge in [0.1, 0.15) is 5.75 Å². The molecule has 1 spiro atoms. The Kier molecular flexibility index (Phi) is 6.57. The lowest BCUT2D eigenvalue weighted by atomic mass is 9.68. The van der Waals surface area contributed by atoms with Crippen LogP contribution in [0.4, 0.5) is 4.79 Å². The SMILES string of the molecule is CCCNC(=O)N1CC2(CCN(C(=O)c3cccnc3)CC2)c2c([nH]c3cc(OC)ccc23)[C@@H]1CO. The number of aromatic amines is 1. The van der Waals surface area contributed by atoms with Crippen molar-refractivity contribution in [3.05, 3.63) is 59.5 Å². The minimum Gasteiger partial charge on any atom is -0.497 e. The maximum atomic E-state index is 13.2. The van der Waals surface area contributed by atoms with Crippen molar-refractivity contribution in [2.45, 2.75) is 37.6 Å². The summed E-state index contributed by atoms with van der Waals surface area (Å²) in [6.45, 7) is 4.03. The number of methoxy groups -OCH3 is 1. The molecule has 2 aliphatic rings. The van der Waals surface area contributed by atoms with Crippen molar-refractivity contribution in [1.29, 1.82) is 0 Å². The van der Waals surface area contributed by atoms with Crippen LogP contribution in [-0.4, -0.2) is 76.7 Å². The number of aromatic nitrogens is 2. The quantitative estimate of drug-likeness (QED) is 0.508. The van der Waals surface area contributed by atoms with Gasteiger partial charge in [-0.1, -0.05) is 6.92 Å². The highest BCUT2D eigenvalue weighted by Gasteiger charge is 2.49. The number of piperidine rings is 1. The molecule has 4 heterocycles. The van der Waals surface area contributed by atoms with Crippen molar-refractivity contribution < 1.29 is 19.4 Å². The molecule has 3 amide bonds. The molecule has 1 aromatic carbocycles. The van der Waals surface area contributed by atoms with Crippen molar-refractivity contribution in [3.8, 4) is 5.75 Å². The van der Waals surface area contributed by atoms with Crippen LogP contribution in [0.3, 0.4) is 0 Å². The topological polar surface area (TPSA) is 111 Å². The van der Waals surface area contributed by atoms with Crippen LogP contribution in [0, 0.1) is 0 Å². The first-order valence-corrected chi connectivity index (χ1v) is 12.6. The molecule has 5 rings (SSSR count). The molecule has 36 heavy (non-hydrogen) atoms. The summed E-state index contributed by atoms with van der Waals surface area (Å²) in [6, 6.07) is 8.87. The number of carbonyl (C=O) groups is 2. The number of hydrogen-bond donors (Lipinski definition) is 3. The molecule has 0 aliphatic carbocycles. The highest BCUT2D eigenvalue weighted by molar-refractivity contribution is 5.94.